The molecule has 19 heavy (non-hydrogen) atoms. The highest BCUT2D eigenvalue weighted by molar-refractivity contribution is 6.31. The normalized spacial score (nSPS) is 12.7. The zero-order valence-corrected chi connectivity index (χ0v) is 13.3. The Morgan fingerprint density at radius 3 is 2.53 bits per heavy atom. The van der Waals surface area contributed by atoms with Crippen molar-refractivity contribution in [3.05, 3.63) is 28.8 Å². The second-order valence-electron chi connectivity index (χ2n) is 5.50. The average molecular weight is 284 g/mol. The first-order valence-corrected chi connectivity index (χ1v) is 7.46. The van der Waals surface area contributed by atoms with Crippen LogP contribution in [0.5, 0.6) is 5.75 Å². The number of halogens is 1. The maximum absolute atomic E-state index is 6.25. The molecule has 1 atom stereocenters. The fourth-order valence-corrected chi connectivity index (χ4v) is 2.29. The van der Waals surface area contributed by atoms with E-state index in [1.54, 1.807) is 7.11 Å². The van der Waals surface area contributed by atoms with Gasteiger partial charge in [-0.05, 0) is 49.4 Å². The van der Waals surface area contributed by atoms with Gasteiger partial charge in [-0.2, -0.15) is 0 Å². The van der Waals surface area contributed by atoms with Crippen LogP contribution in [-0.4, -0.2) is 19.7 Å². The lowest BCUT2D eigenvalue weighted by molar-refractivity contribution is 0.414. The summed E-state index contributed by atoms with van der Waals surface area (Å²) in [5, 5.41) is 4.27. The van der Waals surface area contributed by atoms with Gasteiger partial charge in [0, 0.05) is 11.1 Å². The summed E-state index contributed by atoms with van der Waals surface area (Å²) in [5.41, 5.74) is 1.21. The third kappa shape index (κ3) is 6.31. The Morgan fingerprint density at radius 2 is 1.95 bits per heavy atom. The maximum Gasteiger partial charge on any atom is 0.120 e. The van der Waals surface area contributed by atoms with Gasteiger partial charge in [-0.3, -0.25) is 0 Å². The van der Waals surface area contributed by atoms with Crippen molar-refractivity contribution in [2.24, 2.45) is 5.92 Å². The Labute approximate surface area is 122 Å². The van der Waals surface area contributed by atoms with Crippen molar-refractivity contribution in [3.63, 3.8) is 0 Å². The molecule has 1 N–H and O–H groups in total. The molecule has 1 aromatic rings. The molecule has 0 bridgehead atoms. The SMILES string of the molecule is COc1ccc(CCC(C)CCNC(C)C)c(Cl)c1. The molecular formula is C16H26ClNO. The van der Waals surface area contributed by atoms with Gasteiger partial charge < -0.3 is 10.1 Å². The van der Waals surface area contributed by atoms with E-state index >= 15 is 0 Å². The van der Waals surface area contributed by atoms with E-state index in [0.29, 0.717) is 12.0 Å². The summed E-state index contributed by atoms with van der Waals surface area (Å²) in [6, 6.07) is 6.51. The Balaban J connectivity index is 2.35. The van der Waals surface area contributed by atoms with E-state index in [9.17, 15) is 0 Å². The van der Waals surface area contributed by atoms with Gasteiger partial charge in [0.05, 0.1) is 7.11 Å². The summed E-state index contributed by atoms with van der Waals surface area (Å²) >= 11 is 6.25. The highest BCUT2D eigenvalue weighted by Crippen LogP contribution is 2.24. The van der Waals surface area contributed by atoms with Gasteiger partial charge in [0.25, 0.3) is 0 Å². The maximum atomic E-state index is 6.25. The number of rotatable bonds is 8. The van der Waals surface area contributed by atoms with Gasteiger partial charge in [-0.1, -0.05) is 38.4 Å². The zero-order valence-electron chi connectivity index (χ0n) is 12.5. The van der Waals surface area contributed by atoms with Crippen LogP contribution in [0.3, 0.4) is 0 Å². The van der Waals surface area contributed by atoms with Crippen molar-refractivity contribution in [2.45, 2.75) is 46.1 Å². The van der Waals surface area contributed by atoms with Crippen LogP contribution in [0.25, 0.3) is 0 Å². The molecule has 1 unspecified atom stereocenters. The quantitative estimate of drug-likeness (QED) is 0.768. The second kappa shape index (κ2) is 8.44. The van der Waals surface area contributed by atoms with Crippen molar-refractivity contribution >= 4 is 11.6 Å². The van der Waals surface area contributed by atoms with Gasteiger partial charge in [0.1, 0.15) is 5.75 Å². The van der Waals surface area contributed by atoms with Crippen LogP contribution in [0.15, 0.2) is 18.2 Å². The molecule has 0 heterocycles. The predicted molar refractivity (Wildman–Crippen MR) is 83.2 cm³/mol. The van der Waals surface area contributed by atoms with Crippen molar-refractivity contribution in [1.29, 1.82) is 0 Å². The number of aryl methyl sites for hydroxylation is 1. The third-order valence-electron chi connectivity index (χ3n) is 3.36. The molecule has 1 rings (SSSR count). The topological polar surface area (TPSA) is 21.3 Å². The van der Waals surface area contributed by atoms with Crippen LogP contribution in [0.1, 0.15) is 39.2 Å². The summed E-state index contributed by atoms with van der Waals surface area (Å²) in [6.45, 7) is 7.76. The summed E-state index contributed by atoms with van der Waals surface area (Å²) in [7, 11) is 1.66. The van der Waals surface area contributed by atoms with E-state index in [4.69, 9.17) is 16.3 Å². The van der Waals surface area contributed by atoms with Gasteiger partial charge in [0.15, 0.2) is 0 Å². The Bertz CT molecular complexity index is 379. The second-order valence-corrected chi connectivity index (χ2v) is 5.91. The number of hydrogen-bond donors (Lipinski definition) is 1. The van der Waals surface area contributed by atoms with Crippen LogP contribution >= 0.6 is 11.6 Å². The first-order chi connectivity index (χ1) is 9.02. The molecule has 0 amide bonds. The van der Waals surface area contributed by atoms with Crippen molar-refractivity contribution < 1.29 is 4.74 Å². The molecule has 0 spiro atoms. The summed E-state index contributed by atoms with van der Waals surface area (Å²) in [4.78, 5) is 0. The van der Waals surface area contributed by atoms with E-state index in [2.05, 4.69) is 32.2 Å². The molecule has 1 aromatic carbocycles. The number of nitrogens with one attached hydrogen (secondary N) is 1. The minimum atomic E-state index is 0.572. The molecule has 2 nitrogen and oxygen atoms in total. The van der Waals surface area contributed by atoms with Gasteiger partial charge in [-0.15, -0.1) is 0 Å². The molecule has 0 saturated carbocycles. The lowest BCUT2D eigenvalue weighted by atomic mass is 9.98. The molecule has 0 radical (unpaired) electrons. The van der Waals surface area contributed by atoms with Gasteiger partial charge in [-0.25, -0.2) is 0 Å². The molecular weight excluding hydrogens is 258 g/mol. The van der Waals surface area contributed by atoms with E-state index < -0.39 is 0 Å². The van der Waals surface area contributed by atoms with E-state index in [0.717, 1.165) is 23.7 Å². The molecule has 0 fully saturated rings. The van der Waals surface area contributed by atoms with Crippen molar-refractivity contribution in [3.8, 4) is 5.75 Å². The first-order valence-electron chi connectivity index (χ1n) is 7.08. The van der Waals surface area contributed by atoms with Crippen LogP contribution in [0, 0.1) is 5.92 Å². The average Bonchev–Trinajstić information content (AvgIpc) is 2.36. The Kier molecular flexibility index (Phi) is 7.25. The number of benzene rings is 1. The smallest absolute Gasteiger partial charge is 0.120 e. The molecule has 108 valence electrons. The monoisotopic (exact) mass is 283 g/mol. The molecule has 0 saturated heterocycles. The Morgan fingerprint density at radius 1 is 1.21 bits per heavy atom. The zero-order chi connectivity index (χ0) is 14.3. The Hall–Kier alpha value is -0.730. The van der Waals surface area contributed by atoms with Gasteiger partial charge in [0.2, 0.25) is 0 Å². The molecule has 0 aromatic heterocycles. The molecule has 0 aliphatic heterocycles. The minimum absolute atomic E-state index is 0.572. The molecule has 0 aliphatic rings. The highest BCUT2D eigenvalue weighted by Gasteiger charge is 2.06. The fourth-order valence-electron chi connectivity index (χ4n) is 2.02. The van der Waals surface area contributed by atoms with Crippen LogP contribution in [0.4, 0.5) is 0 Å². The van der Waals surface area contributed by atoms with Crippen LogP contribution in [0.2, 0.25) is 5.02 Å². The largest absolute Gasteiger partial charge is 0.497 e. The van der Waals surface area contributed by atoms with Gasteiger partial charge >= 0.3 is 0 Å². The predicted octanol–water partition coefficient (Wildman–Crippen LogP) is 4.31. The number of ether oxygens (including phenoxy) is 1. The first kappa shape index (κ1) is 16.3. The number of hydrogen-bond acceptors (Lipinski definition) is 2. The van der Waals surface area contributed by atoms with Crippen molar-refractivity contribution in [1.82, 2.24) is 5.32 Å². The molecule has 0 aliphatic carbocycles. The minimum Gasteiger partial charge on any atom is -0.497 e. The third-order valence-corrected chi connectivity index (χ3v) is 3.71. The van der Waals surface area contributed by atoms with Crippen LogP contribution < -0.4 is 10.1 Å². The standard InChI is InChI=1S/C16H26ClNO/c1-12(2)18-10-9-13(3)5-6-14-7-8-15(19-4)11-16(14)17/h7-8,11-13,18H,5-6,9-10H2,1-4H3. The summed E-state index contributed by atoms with van der Waals surface area (Å²) in [5.74, 6) is 1.53. The lowest BCUT2D eigenvalue weighted by Crippen LogP contribution is -2.25. The van der Waals surface area contributed by atoms with E-state index in [1.807, 2.05) is 12.1 Å². The van der Waals surface area contributed by atoms with Crippen LogP contribution in [-0.2, 0) is 6.42 Å². The van der Waals surface area contributed by atoms with Crippen molar-refractivity contribution in [2.75, 3.05) is 13.7 Å². The van der Waals surface area contributed by atoms with E-state index in [-0.39, 0.29) is 0 Å². The summed E-state index contributed by atoms with van der Waals surface area (Å²) in [6.07, 6.45) is 3.42. The highest BCUT2D eigenvalue weighted by atomic mass is 35.5. The molecule has 3 heteroatoms. The fraction of sp³-hybridized carbons (Fsp3) is 0.625. The lowest BCUT2D eigenvalue weighted by Gasteiger charge is -2.14. The summed E-state index contributed by atoms with van der Waals surface area (Å²) < 4.78 is 5.16. The number of methoxy groups -OCH3 is 1. The van der Waals surface area contributed by atoms with E-state index in [1.165, 1.54) is 18.4 Å².